The summed E-state index contributed by atoms with van der Waals surface area (Å²) in [6.07, 6.45) is 0. The second kappa shape index (κ2) is 10.2. The number of rotatable bonds is 4. The molecule has 0 fully saturated rings. The Balaban J connectivity index is 1.13. The van der Waals surface area contributed by atoms with Crippen molar-refractivity contribution in [2.24, 2.45) is 0 Å². The molecule has 4 nitrogen and oxygen atoms in total. The van der Waals surface area contributed by atoms with Crippen molar-refractivity contribution in [3.8, 4) is 45.0 Å². The fourth-order valence-corrected chi connectivity index (χ4v) is 5.57. The van der Waals surface area contributed by atoms with Crippen molar-refractivity contribution in [1.82, 2.24) is 19.9 Å². The normalized spacial score (nSPS) is 11.4. The third kappa shape index (κ3) is 4.57. The van der Waals surface area contributed by atoms with Gasteiger partial charge >= 0.3 is 0 Å². The molecule has 202 valence electrons. The lowest BCUT2D eigenvalue weighted by molar-refractivity contribution is 0.589. The van der Waals surface area contributed by atoms with Crippen molar-refractivity contribution in [1.29, 1.82) is 0 Å². The van der Waals surface area contributed by atoms with E-state index < -0.39 is 5.95 Å². The molecule has 43 heavy (non-hydrogen) atoms. The summed E-state index contributed by atoms with van der Waals surface area (Å²) in [6, 6.07) is 46.1. The largest absolute Gasteiger partial charge is 0.245 e. The Morgan fingerprint density at radius 3 is 1.72 bits per heavy atom. The highest BCUT2D eigenvalue weighted by Gasteiger charge is 2.12. The molecule has 8 aromatic rings. The minimum absolute atomic E-state index is 0.507. The first kappa shape index (κ1) is 24.9. The molecule has 0 aliphatic rings. The number of halogens is 1. The van der Waals surface area contributed by atoms with Crippen LogP contribution in [-0.4, -0.2) is 19.9 Å². The fourth-order valence-electron chi connectivity index (χ4n) is 5.57. The first-order valence-corrected chi connectivity index (χ1v) is 14.1. The van der Waals surface area contributed by atoms with Gasteiger partial charge in [0.05, 0.1) is 27.9 Å². The van der Waals surface area contributed by atoms with Gasteiger partial charge in [0.15, 0.2) is 5.82 Å². The lowest BCUT2D eigenvalue weighted by Gasteiger charge is -2.10. The lowest BCUT2D eigenvalue weighted by Crippen LogP contribution is -1.95. The van der Waals surface area contributed by atoms with Gasteiger partial charge in [0.2, 0.25) is 5.95 Å². The Labute approximate surface area is 247 Å². The summed E-state index contributed by atoms with van der Waals surface area (Å²) in [4.78, 5) is 18.8. The van der Waals surface area contributed by atoms with Gasteiger partial charge in [-0.1, -0.05) is 115 Å². The molecule has 8 rings (SSSR count). The van der Waals surface area contributed by atoms with Crippen molar-refractivity contribution in [2.75, 3.05) is 0 Å². The van der Waals surface area contributed by atoms with Gasteiger partial charge in [0.25, 0.3) is 0 Å². The minimum Gasteiger partial charge on any atom is -0.245 e. The molecule has 5 heteroatoms. The highest BCUT2D eigenvalue weighted by atomic mass is 19.1. The summed E-state index contributed by atoms with van der Waals surface area (Å²) in [6.45, 7) is 0. The summed E-state index contributed by atoms with van der Waals surface area (Å²) < 4.78 is 13.9. The van der Waals surface area contributed by atoms with E-state index >= 15 is 0 Å². The maximum absolute atomic E-state index is 13.9. The van der Waals surface area contributed by atoms with Gasteiger partial charge in [-0.15, -0.1) is 0 Å². The zero-order chi connectivity index (χ0) is 28.8. The van der Waals surface area contributed by atoms with Crippen molar-refractivity contribution >= 4 is 32.7 Å². The molecule has 0 radical (unpaired) electrons. The molecule has 0 aliphatic heterocycles. The second-order valence-electron chi connectivity index (χ2n) is 10.5. The summed E-state index contributed by atoms with van der Waals surface area (Å²) in [5.41, 5.74) is 9.13. The van der Waals surface area contributed by atoms with E-state index in [-0.39, 0.29) is 0 Å². The van der Waals surface area contributed by atoms with Gasteiger partial charge < -0.3 is 0 Å². The molecular weight excluding hydrogens is 531 g/mol. The fraction of sp³-hybridized carbons (Fsp3) is 0. The van der Waals surface area contributed by atoms with Crippen LogP contribution in [0.1, 0.15) is 0 Å². The summed E-state index contributed by atoms with van der Waals surface area (Å²) in [5.74, 6) is 0.206. The van der Waals surface area contributed by atoms with E-state index in [1.54, 1.807) is 6.07 Å². The van der Waals surface area contributed by atoms with E-state index in [1.807, 2.05) is 72.8 Å². The maximum atomic E-state index is 13.9. The van der Waals surface area contributed by atoms with Crippen LogP contribution in [-0.2, 0) is 0 Å². The minimum atomic E-state index is -0.507. The Morgan fingerprint density at radius 1 is 0.395 bits per heavy atom. The Morgan fingerprint density at radius 2 is 0.977 bits per heavy atom. The predicted molar refractivity (Wildman–Crippen MR) is 172 cm³/mol. The van der Waals surface area contributed by atoms with Crippen molar-refractivity contribution in [3.63, 3.8) is 0 Å². The molecule has 0 amide bonds. The van der Waals surface area contributed by atoms with Gasteiger partial charge in [-0.2, -0.15) is 4.39 Å². The van der Waals surface area contributed by atoms with Gasteiger partial charge in [-0.3, -0.25) is 0 Å². The van der Waals surface area contributed by atoms with Crippen LogP contribution in [0.3, 0.4) is 0 Å². The Bertz CT molecular complexity index is 2280. The molecule has 0 saturated heterocycles. The first-order valence-electron chi connectivity index (χ1n) is 14.1. The lowest BCUT2D eigenvalue weighted by atomic mass is 9.99. The number of fused-ring (bicyclic) bond motifs is 4. The maximum Gasteiger partial charge on any atom is 0.213 e. The standard InChI is InChI=1S/C38H23FN4/c39-34-23-21-29-19-18-28-20-22-32(40-36(28)37(29)42-34)26-14-10-24(11-15-26)25-12-16-27(17-13-25)35-31-8-4-5-9-33(31)41-38(43-35)30-6-2-1-3-7-30/h1-23H. The molecule has 5 aromatic carbocycles. The molecule has 0 N–H and O–H groups in total. The van der Waals surface area contributed by atoms with Gasteiger partial charge in [-0.05, 0) is 35.4 Å². The molecular formula is C38H23FN4. The monoisotopic (exact) mass is 554 g/mol. The van der Waals surface area contributed by atoms with Crippen LogP contribution in [0.2, 0.25) is 0 Å². The summed E-state index contributed by atoms with van der Waals surface area (Å²) in [7, 11) is 0. The van der Waals surface area contributed by atoms with E-state index in [4.69, 9.17) is 15.0 Å². The molecule has 0 saturated carbocycles. The van der Waals surface area contributed by atoms with Gasteiger partial charge in [-0.25, -0.2) is 19.9 Å². The van der Waals surface area contributed by atoms with Crippen LogP contribution >= 0.6 is 0 Å². The number of hydrogen-bond acceptors (Lipinski definition) is 4. The van der Waals surface area contributed by atoms with Gasteiger partial charge in [0, 0.05) is 32.8 Å². The number of aromatic nitrogens is 4. The number of pyridine rings is 2. The quantitative estimate of drug-likeness (QED) is 0.161. The Kier molecular flexibility index (Phi) is 5.93. The van der Waals surface area contributed by atoms with E-state index in [1.165, 1.54) is 6.07 Å². The van der Waals surface area contributed by atoms with Crippen LogP contribution in [0.15, 0.2) is 140 Å². The second-order valence-corrected chi connectivity index (χ2v) is 10.5. The molecule has 0 spiro atoms. The van der Waals surface area contributed by atoms with E-state index in [0.717, 1.165) is 60.9 Å². The number of nitrogens with zero attached hydrogens (tertiary/aromatic N) is 4. The average molecular weight is 555 g/mol. The average Bonchev–Trinajstić information content (AvgIpc) is 3.08. The Hall–Kier alpha value is -5.81. The van der Waals surface area contributed by atoms with E-state index in [2.05, 4.69) is 59.6 Å². The van der Waals surface area contributed by atoms with E-state index in [9.17, 15) is 4.39 Å². The van der Waals surface area contributed by atoms with Crippen LogP contribution in [0, 0.1) is 5.95 Å². The highest BCUT2D eigenvalue weighted by Crippen LogP contribution is 2.32. The van der Waals surface area contributed by atoms with Crippen molar-refractivity contribution < 1.29 is 4.39 Å². The van der Waals surface area contributed by atoms with Crippen LogP contribution in [0.5, 0.6) is 0 Å². The molecule has 0 atom stereocenters. The number of hydrogen-bond donors (Lipinski definition) is 0. The summed E-state index contributed by atoms with van der Waals surface area (Å²) in [5, 5.41) is 2.81. The predicted octanol–water partition coefficient (Wildman–Crippen LogP) is 9.53. The highest BCUT2D eigenvalue weighted by molar-refractivity contribution is 6.03. The molecule has 0 unspecified atom stereocenters. The zero-order valence-corrected chi connectivity index (χ0v) is 22.9. The van der Waals surface area contributed by atoms with Gasteiger partial charge in [0.1, 0.15) is 0 Å². The topological polar surface area (TPSA) is 51.6 Å². The van der Waals surface area contributed by atoms with Crippen LogP contribution in [0.4, 0.5) is 4.39 Å². The van der Waals surface area contributed by atoms with Crippen molar-refractivity contribution in [2.45, 2.75) is 0 Å². The molecule has 0 aliphatic carbocycles. The van der Waals surface area contributed by atoms with Crippen molar-refractivity contribution in [3.05, 3.63) is 145 Å². The zero-order valence-electron chi connectivity index (χ0n) is 22.9. The molecule has 3 heterocycles. The summed E-state index contributed by atoms with van der Waals surface area (Å²) >= 11 is 0. The third-order valence-corrected chi connectivity index (χ3v) is 7.79. The first-order chi connectivity index (χ1) is 21.2. The van der Waals surface area contributed by atoms with Crippen LogP contribution < -0.4 is 0 Å². The number of benzene rings is 5. The molecule has 0 bridgehead atoms. The molecule has 3 aromatic heterocycles. The van der Waals surface area contributed by atoms with Crippen LogP contribution in [0.25, 0.3) is 77.7 Å². The SMILES string of the molecule is Fc1ccc2ccc3ccc(-c4ccc(-c5ccc(-c6nc(-c7ccccc7)nc7ccccc67)cc5)cc4)nc3c2n1. The number of para-hydroxylation sites is 1. The smallest absolute Gasteiger partial charge is 0.213 e. The van der Waals surface area contributed by atoms with E-state index in [0.29, 0.717) is 16.9 Å². The third-order valence-electron chi connectivity index (χ3n) is 7.79.